The van der Waals surface area contributed by atoms with E-state index in [1.165, 1.54) is 12.1 Å². The van der Waals surface area contributed by atoms with Crippen molar-refractivity contribution >= 4 is 0 Å². The minimum atomic E-state index is -1.89. The Balaban J connectivity index is 2.41. The number of rotatable bonds is 2. The second-order valence-electron chi connectivity index (χ2n) is 3.21. The van der Waals surface area contributed by atoms with E-state index < -0.39 is 29.0 Å². The molecule has 0 aliphatic rings. The topological polar surface area (TPSA) is 9.23 Å². The molecule has 0 saturated carbocycles. The first-order valence-corrected chi connectivity index (χ1v) is 4.65. The van der Waals surface area contributed by atoms with Crippen LogP contribution < -0.4 is 4.74 Å². The molecule has 5 heteroatoms. The van der Waals surface area contributed by atoms with E-state index in [0.717, 1.165) is 0 Å². The van der Waals surface area contributed by atoms with E-state index in [2.05, 4.69) is 0 Å². The van der Waals surface area contributed by atoms with E-state index in [0.29, 0.717) is 6.07 Å². The fourth-order valence-corrected chi connectivity index (χ4v) is 1.24. The van der Waals surface area contributed by atoms with Gasteiger partial charge in [-0.05, 0) is 12.1 Å². The molecule has 0 aliphatic carbocycles. The highest BCUT2D eigenvalue weighted by Crippen LogP contribution is 2.28. The maximum Gasteiger partial charge on any atom is 0.204 e. The lowest BCUT2D eigenvalue weighted by Crippen LogP contribution is -1.98. The highest BCUT2D eigenvalue weighted by molar-refractivity contribution is 5.33. The molecule has 1 nitrogen and oxygen atoms in total. The SMILES string of the molecule is Fc1cc(Oc2ccccc2)c(F)c(F)c1F. The molecule has 0 heterocycles. The fraction of sp³-hybridized carbons (Fsp3) is 0. The van der Waals surface area contributed by atoms with Gasteiger partial charge in [-0.2, -0.15) is 4.39 Å². The summed E-state index contributed by atoms with van der Waals surface area (Å²) in [5.41, 5.74) is 0. The zero-order chi connectivity index (χ0) is 12.4. The van der Waals surface area contributed by atoms with E-state index in [1.807, 2.05) is 0 Å². The first-order chi connectivity index (χ1) is 8.09. The Bertz CT molecular complexity index is 540. The summed E-state index contributed by atoms with van der Waals surface area (Å²) in [5.74, 6) is -7.33. The van der Waals surface area contributed by atoms with Gasteiger partial charge < -0.3 is 4.74 Å². The smallest absolute Gasteiger partial charge is 0.204 e. The Morgan fingerprint density at radius 3 is 2.06 bits per heavy atom. The Morgan fingerprint density at radius 2 is 1.41 bits per heavy atom. The van der Waals surface area contributed by atoms with Gasteiger partial charge in [-0.1, -0.05) is 18.2 Å². The minimum absolute atomic E-state index is 0.191. The van der Waals surface area contributed by atoms with Crippen LogP contribution in [-0.4, -0.2) is 0 Å². The molecule has 0 amide bonds. The molecular weight excluding hydrogens is 236 g/mol. The molecule has 0 aliphatic heterocycles. The normalized spacial score (nSPS) is 10.4. The van der Waals surface area contributed by atoms with Crippen LogP contribution in [0.25, 0.3) is 0 Å². The van der Waals surface area contributed by atoms with Crippen LogP contribution in [-0.2, 0) is 0 Å². The highest BCUT2D eigenvalue weighted by atomic mass is 19.2. The summed E-state index contributed by atoms with van der Waals surface area (Å²) in [4.78, 5) is 0. The van der Waals surface area contributed by atoms with Gasteiger partial charge in [0.05, 0.1) is 0 Å². The van der Waals surface area contributed by atoms with Gasteiger partial charge in [-0.3, -0.25) is 0 Å². The third-order valence-corrected chi connectivity index (χ3v) is 2.04. The van der Waals surface area contributed by atoms with Gasteiger partial charge in [0.15, 0.2) is 17.4 Å². The lowest BCUT2D eigenvalue weighted by atomic mass is 10.3. The fourth-order valence-electron chi connectivity index (χ4n) is 1.24. The zero-order valence-electron chi connectivity index (χ0n) is 8.38. The molecule has 2 rings (SSSR count). The summed E-state index contributed by atoms with van der Waals surface area (Å²) < 4.78 is 56.5. The predicted molar refractivity (Wildman–Crippen MR) is 52.8 cm³/mol. The molecule has 0 radical (unpaired) electrons. The molecule has 0 N–H and O–H groups in total. The maximum atomic E-state index is 13.2. The average molecular weight is 242 g/mol. The number of hydrogen-bond acceptors (Lipinski definition) is 1. The lowest BCUT2D eigenvalue weighted by Gasteiger charge is -2.07. The first-order valence-electron chi connectivity index (χ1n) is 4.65. The third-order valence-electron chi connectivity index (χ3n) is 2.04. The molecular formula is C12H6F4O. The van der Waals surface area contributed by atoms with Crippen LogP contribution in [0.5, 0.6) is 11.5 Å². The third kappa shape index (κ3) is 2.22. The van der Waals surface area contributed by atoms with E-state index in [-0.39, 0.29) is 5.75 Å². The van der Waals surface area contributed by atoms with Crippen LogP contribution in [0.1, 0.15) is 0 Å². The number of benzene rings is 2. The van der Waals surface area contributed by atoms with Crippen molar-refractivity contribution in [2.75, 3.05) is 0 Å². The largest absolute Gasteiger partial charge is 0.454 e. The summed E-state index contributed by atoms with van der Waals surface area (Å²) in [7, 11) is 0. The van der Waals surface area contributed by atoms with Crippen LogP contribution in [0.3, 0.4) is 0 Å². The van der Waals surface area contributed by atoms with Gasteiger partial charge in [0.25, 0.3) is 0 Å². The van der Waals surface area contributed by atoms with Crippen molar-refractivity contribution in [3.63, 3.8) is 0 Å². The first kappa shape index (κ1) is 11.4. The van der Waals surface area contributed by atoms with Crippen LogP contribution in [0.15, 0.2) is 36.4 Å². The zero-order valence-corrected chi connectivity index (χ0v) is 8.38. The molecule has 2 aromatic carbocycles. The van der Waals surface area contributed by atoms with E-state index in [1.54, 1.807) is 18.2 Å². The number of para-hydroxylation sites is 1. The highest BCUT2D eigenvalue weighted by Gasteiger charge is 2.20. The van der Waals surface area contributed by atoms with Gasteiger partial charge in [0.1, 0.15) is 5.75 Å². The van der Waals surface area contributed by atoms with Crippen LogP contribution in [0.4, 0.5) is 17.6 Å². The summed E-state index contributed by atoms with van der Waals surface area (Å²) in [6, 6.07) is 8.29. The van der Waals surface area contributed by atoms with Gasteiger partial charge in [-0.25, -0.2) is 13.2 Å². The summed E-state index contributed by atoms with van der Waals surface area (Å²) in [5, 5.41) is 0. The summed E-state index contributed by atoms with van der Waals surface area (Å²) in [6.07, 6.45) is 0. The molecule has 17 heavy (non-hydrogen) atoms. The van der Waals surface area contributed by atoms with Crippen LogP contribution in [0.2, 0.25) is 0 Å². The van der Waals surface area contributed by atoms with E-state index >= 15 is 0 Å². The van der Waals surface area contributed by atoms with Crippen molar-refractivity contribution < 1.29 is 22.3 Å². The number of ether oxygens (including phenoxy) is 1. The predicted octanol–water partition coefficient (Wildman–Crippen LogP) is 4.04. The molecule has 0 atom stereocenters. The second-order valence-corrected chi connectivity index (χ2v) is 3.21. The second kappa shape index (κ2) is 4.45. The molecule has 0 unspecified atom stereocenters. The van der Waals surface area contributed by atoms with Gasteiger partial charge in [0, 0.05) is 6.07 Å². The van der Waals surface area contributed by atoms with Crippen molar-refractivity contribution in [1.82, 2.24) is 0 Å². The summed E-state index contributed by atoms with van der Waals surface area (Å²) >= 11 is 0. The molecule has 2 aromatic rings. The summed E-state index contributed by atoms with van der Waals surface area (Å²) in [6.45, 7) is 0. The Morgan fingerprint density at radius 1 is 0.765 bits per heavy atom. The molecule has 0 bridgehead atoms. The minimum Gasteiger partial charge on any atom is -0.454 e. The Hall–Kier alpha value is -2.04. The standard InChI is InChI=1S/C12H6F4O/c13-8-6-9(11(15)12(16)10(8)14)17-7-4-2-1-3-5-7/h1-6H. The Kier molecular flexibility index (Phi) is 2.99. The molecule has 0 fully saturated rings. The van der Waals surface area contributed by atoms with Crippen LogP contribution in [0, 0.1) is 23.3 Å². The number of halogens is 4. The van der Waals surface area contributed by atoms with E-state index in [4.69, 9.17) is 4.74 Å². The Labute approximate surface area is 94.3 Å². The molecule has 0 aromatic heterocycles. The average Bonchev–Trinajstić information content (AvgIpc) is 2.35. The van der Waals surface area contributed by atoms with Crippen molar-refractivity contribution in [1.29, 1.82) is 0 Å². The molecule has 0 saturated heterocycles. The number of hydrogen-bond donors (Lipinski definition) is 0. The van der Waals surface area contributed by atoms with Crippen molar-refractivity contribution in [3.05, 3.63) is 59.7 Å². The van der Waals surface area contributed by atoms with E-state index in [9.17, 15) is 17.6 Å². The monoisotopic (exact) mass is 242 g/mol. The van der Waals surface area contributed by atoms with Crippen molar-refractivity contribution in [2.24, 2.45) is 0 Å². The van der Waals surface area contributed by atoms with Crippen molar-refractivity contribution in [3.8, 4) is 11.5 Å². The van der Waals surface area contributed by atoms with Gasteiger partial charge in [0.2, 0.25) is 11.6 Å². The van der Waals surface area contributed by atoms with Gasteiger partial charge in [-0.15, -0.1) is 0 Å². The van der Waals surface area contributed by atoms with Gasteiger partial charge >= 0.3 is 0 Å². The van der Waals surface area contributed by atoms with Crippen LogP contribution >= 0.6 is 0 Å². The molecule has 0 spiro atoms. The maximum absolute atomic E-state index is 13.2. The molecule has 88 valence electrons. The van der Waals surface area contributed by atoms with Crippen molar-refractivity contribution in [2.45, 2.75) is 0 Å². The quantitative estimate of drug-likeness (QED) is 0.438. The lowest BCUT2D eigenvalue weighted by molar-refractivity contribution is 0.371.